The molecule has 0 fully saturated rings. The predicted molar refractivity (Wildman–Crippen MR) is 70.8 cm³/mol. The number of hydrogen-bond acceptors (Lipinski definition) is 6. The van der Waals surface area contributed by atoms with Crippen LogP contribution in [-0.4, -0.2) is 39.4 Å². The molecule has 0 spiro atoms. The number of carbonyl (C=O) groups is 3. The van der Waals surface area contributed by atoms with Crippen molar-refractivity contribution in [3.63, 3.8) is 0 Å². The zero-order chi connectivity index (χ0) is 15.1. The van der Waals surface area contributed by atoms with Gasteiger partial charge in [0, 0.05) is 12.2 Å². The van der Waals surface area contributed by atoms with Gasteiger partial charge in [0.1, 0.15) is 0 Å². The van der Waals surface area contributed by atoms with Crippen molar-refractivity contribution < 1.29 is 28.3 Å². The second-order valence-corrected chi connectivity index (χ2v) is 9.15. The molecule has 108 valence electrons. The molecule has 19 heavy (non-hydrogen) atoms. The van der Waals surface area contributed by atoms with Gasteiger partial charge in [0.15, 0.2) is 6.10 Å². The van der Waals surface area contributed by atoms with E-state index in [1.807, 2.05) is 19.6 Å². The maximum atomic E-state index is 11.7. The second kappa shape index (κ2) is 7.73. The number of hydrogen-bond donors (Lipinski definition) is 0. The fourth-order valence-electron chi connectivity index (χ4n) is 1.05. The molecule has 0 bridgehead atoms. The first kappa shape index (κ1) is 17.4. The van der Waals surface area contributed by atoms with Crippen molar-refractivity contribution in [3.8, 4) is 0 Å². The Morgan fingerprint density at radius 3 is 2.05 bits per heavy atom. The number of esters is 2. The smallest absolute Gasteiger partial charge is 0.334 e. The van der Waals surface area contributed by atoms with E-state index in [2.05, 4.69) is 4.74 Å². The van der Waals surface area contributed by atoms with Crippen LogP contribution in [0.15, 0.2) is 12.2 Å². The normalized spacial score (nSPS) is 12.9. The quantitative estimate of drug-likeness (QED) is 0.418. The molecule has 0 heterocycles. The van der Waals surface area contributed by atoms with Crippen LogP contribution in [0.25, 0.3) is 0 Å². The third-order valence-corrected chi connectivity index (χ3v) is 2.67. The molecular formula is C12H20O6Si. The van der Waals surface area contributed by atoms with Gasteiger partial charge in [0.25, 0.3) is 0 Å². The van der Waals surface area contributed by atoms with Crippen LogP contribution in [0.5, 0.6) is 0 Å². The van der Waals surface area contributed by atoms with Gasteiger partial charge in [-0.2, -0.15) is 0 Å². The summed E-state index contributed by atoms with van der Waals surface area (Å²) in [5, 5.41) is 0. The zero-order valence-electron chi connectivity index (χ0n) is 11.9. The lowest BCUT2D eigenvalue weighted by atomic mass is 10.3. The maximum absolute atomic E-state index is 11.7. The summed E-state index contributed by atoms with van der Waals surface area (Å²) in [7, 11) is -0.833. The van der Waals surface area contributed by atoms with Gasteiger partial charge in [-0.05, 0) is 26.1 Å². The van der Waals surface area contributed by atoms with Crippen molar-refractivity contribution in [1.82, 2.24) is 0 Å². The topological polar surface area (TPSA) is 78.9 Å². The van der Waals surface area contributed by atoms with Crippen molar-refractivity contribution in [3.05, 3.63) is 12.2 Å². The SMILES string of the molecule is CCC(OC(=O)/C=C/C(=O)OC)C(=O)O[Si](C)(C)C. The zero-order valence-corrected chi connectivity index (χ0v) is 12.9. The Morgan fingerprint density at radius 2 is 1.63 bits per heavy atom. The molecule has 0 saturated carbocycles. The van der Waals surface area contributed by atoms with Crippen LogP contribution in [0.2, 0.25) is 19.6 Å². The van der Waals surface area contributed by atoms with E-state index in [1.165, 1.54) is 7.11 Å². The fourth-order valence-corrected chi connectivity index (χ4v) is 1.78. The molecule has 0 aromatic rings. The lowest BCUT2D eigenvalue weighted by molar-refractivity contribution is -0.159. The summed E-state index contributed by atoms with van der Waals surface area (Å²) in [6.45, 7) is 7.28. The van der Waals surface area contributed by atoms with Crippen molar-refractivity contribution in [2.24, 2.45) is 0 Å². The summed E-state index contributed by atoms with van der Waals surface area (Å²) in [5.74, 6) is -2.01. The lowest BCUT2D eigenvalue weighted by Crippen LogP contribution is -2.37. The van der Waals surface area contributed by atoms with Gasteiger partial charge in [-0.25, -0.2) is 14.4 Å². The van der Waals surface area contributed by atoms with Crippen LogP contribution in [0.3, 0.4) is 0 Å². The van der Waals surface area contributed by atoms with Gasteiger partial charge >= 0.3 is 17.9 Å². The molecule has 0 aliphatic rings. The van der Waals surface area contributed by atoms with E-state index >= 15 is 0 Å². The molecule has 0 aliphatic carbocycles. The van der Waals surface area contributed by atoms with E-state index in [4.69, 9.17) is 9.16 Å². The summed E-state index contributed by atoms with van der Waals surface area (Å²) in [6, 6.07) is 0. The Labute approximate surface area is 113 Å². The van der Waals surface area contributed by atoms with E-state index in [-0.39, 0.29) is 0 Å². The molecule has 1 unspecified atom stereocenters. The van der Waals surface area contributed by atoms with Crippen LogP contribution in [0.1, 0.15) is 13.3 Å². The monoisotopic (exact) mass is 288 g/mol. The third-order valence-electron chi connectivity index (χ3n) is 1.86. The lowest BCUT2D eigenvalue weighted by Gasteiger charge is -2.21. The highest BCUT2D eigenvalue weighted by atomic mass is 28.4. The van der Waals surface area contributed by atoms with Crippen LogP contribution in [0, 0.1) is 0 Å². The molecule has 0 aromatic carbocycles. The maximum Gasteiger partial charge on any atom is 0.334 e. The largest absolute Gasteiger partial charge is 0.517 e. The van der Waals surface area contributed by atoms with E-state index < -0.39 is 32.3 Å². The van der Waals surface area contributed by atoms with Crippen molar-refractivity contribution >= 4 is 26.2 Å². The van der Waals surface area contributed by atoms with Crippen LogP contribution < -0.4 is 0 Å². The van der Waals surface area contributed by atoms with Gasteiger partial charge in [0.05, 0.1) is 7.11 Å². The fraction of sp³-hybridized carbons (Fsp3) is 0.583. The van der Waals surface area contributed by atoms with E-state index in [9.17, 15) is 14.4 Å². The second-order valence-electron chi connectivity index (χ2n) is 4.72. The first-order valence-electron chi connectivity index (χ1n) is 5.89. The van der Waals surface area contributed by atoms with E-state index in [0.717, 1.165) is 12.2 Å². The number of ether oxygens (including phenoxy) is 2. The number of methoxy groups -OCH3 is 1. The first-order valence-corrected chi connectivity index (χ1v) is 9.30. The van der Waals surface area contributed by atoms with E-state index in [0.29, 0.717) is 6.42 Å². The first-order chi connectivity index (χ1) is 8.69. The molecule has 6 nitrogen and oxygen atoms in total. The summed E-state index contributed by atoms with van der Waals surface area (Å²) in [4.78, 5) is 33.9. The van der Waals surface area contributed by atoms with Crippen molar-refractivity contribution in [1.29, 1.82) is 0 Å². The molecule has 0 N–H and O–H groups in total. The molecule has 0 amide bonds. The Bertz CT molecular complexity index is 369. The summed E-state index contributed by atoms with van der Waals surface area (Å²) < 4.78 is 14.5. The molecule has 0 aliphatic heterocycles. The molecule has 0 saturated heterocycles. The average molecular weight is 288 g/mol. The Kier molecular flexibility index (Phi) is 7.06. The standard InChI is InChI=1S/C12H20O6Si/c1-6-9(12(15)18-19(3,4)5)17-11(14)8-7-10(13)16-2/h7-9H,6H2,1-5H3/b8-7+. The van der Waals surface area contributed by atoms with Gasteiger partial charge in [-0.15, -0.1) is 0 Å². The van der Waals surface area contributed by atoms with Crippen molar-refractivity contribution in [2.45, 2.75) is 39.1 Å². The molecule has 0 rings (SSSR count). The van der Waals surface area contributed by atoms with Crippen LogP contribution >= 0.6 is 0 Å². The van der Waals surface area contributed by atoms with E-state index in [1.54, 1.807) is 6.92 Å². The van der Waals surface area contributed by atoms with Gasteiger partial charge in [-0.3, -0.25) is 0 Å². The van der Waals surface area contributed by atoms with Crippen LogP contribution in [-0.2, 0) is 28.3 Å². The molecule has 0 aromatic heterocycles. The minimum absolute atomic E-state index is 0.307. The Balaban J connectivity index is 4.48. The summed E-state index contributed by atoms with van der Waals surface area (Å²) in [5.41, 5.74) is 0. The minimum Gasteiger partial charge on any atom is -0.517 e. The highest BCUT2D eigenvalue weighted by Gasteiger charge is 2.27. The van der Waals surface area contributed by atoms with Gasteiger partial charge in [0.2, 0.25) is 8.32 Å². The number of carbonyl (C=O) groups excluding carboxylic acids is 3. The molecule has 1 atom stereocenters. The predicted octanol–water partition coefficient (Wildman–Crippen LogP) is 1.42. The highest BCUT2D eigenvalue weighted by molar-refractivity contribution is 6.71. The average Bonchev–Trinajstić information content (AvgIpc) is 2.30. The minimum atomic E-state index is -2.03. The highest BCUT2D eigenvalue weighted by Crippen LogP contribution is 2.09. The third kappa shape index (κ3) is 8.14. The molecule has 0 radical (unpaired) electrons. The Hall–Kier alpha value is -1.63. The van der Waals surface area contributed by atoms with Gasteiger partial charge < -0.3 is 13.9 Å². The summed E-state index contributed by atoms with van der Waals surface area (Å²) in [6.07, 6.45) is 1.19. The number of rotatable bonds is 6. The Morgan fingerprint density at radius 1 is 1.11 bits per heavy atom. The van der Waals surface area contributed by atoms with Crippen molar-refractivity contribution in [2.75, 3.05) is 7.11 Å². The molecule has 7 heteroatoms. The van der Waals surface area contributed by atoms with Crippen LogP contribution in [0.4, 0.5) is 0 Å². The van der Waals surface area contributed by atoms with Gasteiger partial charge in [-0.1, -0.05) is 6.92 Å². The molecular weight excluding hydrogens is 268 g/mol. The summed E-state index contributed by atoms with van der Waals surface area (Å²) >= 11 is 0.